The Labute approximate surface area is 152 Å². The highest BCUT2D eigenvalue weighted by molar-refractivity contribution is 6.30. The highest BCUT2D eigenvalue weighted by Gasteiger charge is 2.07. The van der Waals surface area contributed by atoms with Gasteiger partial charge in [-0.2, -0.15) is 0 Å². The fourth-order valence-electron chi connectivity index (χ4n) is 2.84. The van der Waals surface area contributed by atoms with Crippen LogP contribution in [0.15, 0.2) is 48.7 Å². The number of halogens is 1. The van der Waals surface area contributed by atoms with Gasteiger partial charge >= 0.3 is 0 Å². The van der Waals surface area contributed by atoms with Gasteiger partial charge in [-0.3, -0.25) is 4.79 Å². The Hall–Kier alpha value is -2.46. The number of fused-ring (bicyclic) bond motifs is 1. The maximum absolute atomic E-state index is 11.9. The van der Waals surface area contributed by atoms with Crippen LogP contribution in [0.1, 0.15) is 18.1 Å². The van der Waals surface area contributed by atoms with Gasteiger partial charge in [-0.25, -0.2) is 0 Å². The maximum Gasteiger partial charge on any atom is 0.257 e. The van der Waals surface area contributed by atoms with Crippen molar-refractivity contribution in [3.05, 3.63) is 64.8 Å². The van der Waals surface area contributed by atoms with E-state index in [1.54, 1.807) is 24.3 Å². The Kier molecular flexibility index (Phi) is 5.61. The van der Waals surface area contributed by atoms with E-state index in [4.69, 9.17) is 16.3 Å². The van der Waals surface area contributed by atoms with Gasteiger partial charge in [0.25, 0.3) is 5.91 Å². The first-order valence-corrected chi connectivity index (χ1v) is 8.78. The topological polar surface area (TPSA) is 54.1 Å². The van der Waals surface area contributed by atoms with E-state index in [2.05, 4.69) is 35.4 Å². The molecule has 0 aliphatic heterocycles. The van der Waals surface area contributed by atoms with E-state index < -0.39 is 0 Å². The number of benzene rings is 2. The lowest BCUT2D eigenvalue weighted by molar-refractivity contribution is -0.123. The van der Waals surface area contributed by atoms with Crippen molar-refractivity contribution in [3.8, 4) is 5.75 Å². The quantitative estimate of drug-likeness (QED) is 0.669. The molecule has 0 aliphatic carbocycles. The number of rotatable bonds is 7. The number of carbonyl (C=O) groups is 1. The van der Waals surface area contributed by atoms with E-state index in [1.807, 2.05) is 6.20 Å². The Morgan fingerprint density at radius 2 is 1.96 bits per heavy atom. The normalized spacial score (nSPS) is 10.8. The van der Waals surface area contributed by atoms with Gasteiger partial charge in [0.1, 0.15) is 5.75 Å². The SMILES string of the molecule is CCc1cccc2c(CCNC(=O)COc3ccc(Cl)cc3)c[nH]c12. The molecule has 0 spiro atoms. The summed E-state index contributed by atoms with van der Waals surface area (Å²) in [4.78, 5) is 15.3. The summed E-state index contributed by atoms with van der Waals surface area (Å²) in [6.07, 6.45) is 3.80. The Bertz CT molecular complexity index is 856. The average molecular weight is 357 g/mol. The van der Waals surface area contributed by atoms with Crippen LogP contribution < -0.4 is 10.1 Å². The van der Waals surface area contributed by atoms with E-state index >= 15 is 0 Å². The number of aryl methyl sites for hydroxylation is 1. The summed E-state index contributed by atoms with van der Waals surface area (Å²) in [6, 6.07) is 13.3. The fraction of sp³-hybridized carbons (Fsp3) is 0.250. The predicted molar refractivity (Wildman–Crippen MR) is 101 cm³/mol. The molecule has 0 bridgehead atoms. The number of hydrogen-bond donors (Lipinski definition) is 2. The van der Waals surface area contributed by atoms with Crippen molar-refractivity contribution in [2.75, 3.05) is 13.2 Å². The van der Waals surface area contributed by atoms with E-state index in [0.717, 1.165) is 12.8 Å². The molecule has 2 N–H and O–H groups in total. The molecule has 0 atom stereocenters. The van der Waals surface area contributed by atoms with Crippen molar-refractivity contribution >= 4 is 28.4 Å². The summed E-state index contributed by atoms with van der Waals surface area (Å²) in [6.45, 7) is 2.72. The largest absolute Gasteiger partial charge is 0.484 e. The van der Waals surface area contributed by atoms with Crippen LogP contribution in [0.2, 0.25) is 5.02 Å². The van der Waals surface area contributed by atoms with E-state index in [9.17, 15) is 4.79 Å². The van der Waals surface area contributed by atoms with Gasteiger partial charge in [0.15, 0.2) is 6.61 Å². The summed E-state index contributed by atoms with van der Waals surface area (Å²) < 4.78 is 5.43. The number of carbonyl (C=O) groups excluding carboxylic acids is 1. The molecule has 0 aliphatic rings. The lowest BCUT2D eigenvalue weighted by Gasteiger charge is -2.07. The molecule has 25 heavy (non-hydrogen) atoms. The first kappa shape index (κ1) is 17.4. The lowest BCUT2D eigenvalue weighted by Crippen LogP contribution is -2.30. The second-order valence-corrected chi connectivity index (χ2v) is 6.29. The van der Waals surface area contributed by atoms with Crippen molar-refractivity contribution in [1.82, 2.24) is 10.3 Å². The molecule has 0 radical (unpaired) electrons. The second kappa shape index (κ2) is 8.08. The van der Waals surface area contributed by atoms with Crippen LogP contribution in [0, 0.1) is 0 Å². The van der Waals surface area contributed by atoms with Gasteiger partial charge in [-0.05, 0) is 48.2 Å². The number of ether oxygens (including phenoxy) is 1. The summed E-state index contributed by atoms with van der Waals surface area (Å²) in [5.41, 5.74) is 3.71. The molecule has 0 unspecified atom stereocenters. The minimum absolute atomic E-state index is 0.00446. The molecule has 3 aromatic rings. The van der Waals surface area contributed by atoms with Gasteiger partial charge in [-0.1, -0.05) is 36.7 Å². The monoisotopic (exact) mass is 356 g/mol. The predicted octanol–water partition coefficient (Wildman–Crippen LogP) is 4.12. The summed E-state index contributed by atoms with van der Waals surface area (Å²) in [5.74, 6) is 0.493. The smallest absolute Gasteiger partial charge is 0.257 e. The van der Waals surface area contributed by atoms with E-state index in [1.165, 1.54) is 22.0 Å². The minimum Gasteiger partial charge on any atom is -0.484 e. The zero-order valence-electron chi connectivity index (χ0n) is 14.1. The number of amides is 1. The highest BCUT2D eigenvalue weighted by atomic mass is 35.5. The van der Waals surface area contributed by atoms with Gasteiger partial charge in [-0.15, -0.1) is 0 Å². The molecule has 130 valence electrons. The first-order chi connectivity index (χ1) is 12.2. The molecule has 2 aromatic carbocycles. The van der Waals surface area contributed by atoms with Crippen LogP contribution >= 0.6 is 11.6 Å². The van der Waals surface area contributed by atoms with Crippen molar-refractivity contribution in [3.63, 3.8) is 0 Å². The molecule has 0 fully saturated rings. The zero-order chi connectivity index (χ0) is 17.6. The Balaban J connectivity index is 1.49. The van der Waals surface area contributed by atoms with E-state index in [0.29, 0.717) is 17.3 Å². The van der Waals surface area contributed by atoms with Crippen LogP contribution in [-0.4, -0.2) is 24.0 Å². The van der Waals surface area contributed by atoms with Crippen LogP contribution in [0.5, 0.6) is 5.75 Å². The summed E-state index contributed by atoms with van der Waals surface area (Å²) in [5, 5.41) is 4.76. The Morgan fingerprint density at radius 3 is 2.72 bits per heavy atom. The second-order valence-electron chi connectivity index (χ2n) is 5.85. The zero-order valence-corrected chi connectivity index (χ0v) is 14.9. The summed E-state index contributed by atoms with van der Waals surface area (Å²) in [7, 11) is 0. The third-order valence-electron chi connectivity index (χ3n) is 4.17. The van der Waals surface area contributed by atoms with Crippen molar-refractivity contribution in [1.29, 1.82) is 0 Å². The van der Waals surface area contributed by atoms with E-state index in [-0.39, 0.29) is 12.5 Å². The van der Waals surface area contributed by atoms with Gasteiger partial charge in [0.2, 0.25) is 0 Å². The number of aromatic nitrogens is 1. The molecule has 1 aromatic heterocycles. The number of hydrogen-bond acceptors (Lipinski definition) is 2. The molecule has 0 saturated heterocycles. The van der Waals surface area contributed by atoms with Crippen molar-refractivity contribution in [2.24, 2.45) is 0 Å². The van der Waals surface area contributed by atoms with Crippen molar-refractivity contribution in [2.45, 2.75) is 19.8 Å². The fourth-order valence-corrected chi connectivity index (χ4v) is 2.97. The van der Waals surface area contributed by atoms with Gasteiger partial charge < -0.3 is 15.0 Å². The van der Waals surface area contributed by atoms with Gasteiger partial charge in [0, 0.05) is 28.7 Å². The van der Waals surface area contributed by atoms with Crippen LogP contribution in [0.25, 0.3) is 10.9 Å². The molecule has 0 saturated carbocycles. The number of para-hydroxylation sites is 1. The standard InChI is InChI=1S/C20H21ClN2O2/c1-2-14-4-3-5-18-15(12-23-20(14)18)10-11-22-19(24)13-25-17-8-6-16(21)7-9-17/h3-9,12,23H,2,10-11,13H2,1H3,(H,22,24). The molecule has 1 amide bonds. The first-order valence-electron chi connectivity index (χ1n) is 8.40. The van der Waals surface area contributed by atoms with Gasteiger partial charge in [0.05, 0.1) is 0 Å². The Morgan fingerprint density at radius 1 is 1.16 bits per heavy atom. The average Bonchev–Trinajstić information content (AvgIpc) is 3.04. The molecular weight excluding hydrogens is 336 g/mol. The number of nitrogens with one attached hydrogen (secondary N) is 2. The number of H-pyrrole nitrogens is 1. The third kappa shape index (κ3) is 4.34. The minimum atomic E-state index is -0.135. The molecule has 3 rings (SSSR count). The van der Waals surface area contributed by atoms with Crippen LogP contribution in [0.4, 0.5) is 0 Å². The third-order valence-corrected chi connectivity index (χ3v) is 4.42. The van der Waals surface area contributed by atoms with Crippen LogP contribution in [0.3, 0.4) is 0 Å². The lowest BCUT2D eigenvalue weighted by atomic mass is 10.1. The highest BCUT2D eigenvalue weighted by Crippen LogP contribution is 2.22. The molecule has 1 heterocycles. The molecular formula is C20H21ClN2O2. The molecule has 5 heteroatoms. The number of aromatic amines is 1. The van der Waals surface area contributed by atoms with Crippen LogP contribution in [-0.2, 0) is 17.6 Å². The van der Waals surface area contributed by atoms with Crippen molar-refractivity contribution < 1.29 is 9.53 Å². The summed E-state index contributed by atoms with van der Waals surface area (Å²) >= 11 is 5.81. The molecule has 4 nitrogen and oxygen atoms in total. The maximum atomic E-state index is 11.9.